The Morgan fingerprint density at radius 2 is 2.00 bits per heavy atom. The molecule has 120 valence electrons. The van der Waals surface area contributed by atoms with Crippen LogP contribution in [0.3, 0.4) is 0 Å². The minimum Gasteiger partial charge on any atom is -0.389 e. The van der Waals surface area contributed by atoms with Gasteiger partial charge in [-0.25, -0.2) is 0 Å². The largest absolute Gasteiger partial charge is 0.389 e. The lowest BCUT2D eigenvalue weighted by Crippen LogP contribution is -2.43. The quantitative estimate of drug-likeness (QED) is 0.615. The Bertz CT molecular complexity index is 386. The zero-order valence-electron chi connectivity index (χ0n) is 13.1. The third-order valence-electron chi connectivity index (χ3n) is 3.15. The summed E-state index contributed by atoms with van der Waals surface area (Å²) in [5.41, 5.74) is 0.345. The summed E-state index contributed by atoms with van der Waals surface area (Å²) < 4.78 is 5.66. The summed E-state index contributed by atoms with van der Waals surface area (Å²) in [7, 11) is 0. The zero-order valence-corrected chi connectivity index (χ0v) is 13.9. The SMILES string of the molecule is CSCC(C)(O)CNCC(O)COC(C)c1ccccc1. The monoisotopic (exact) mass is 313 g/mol. The molecule has 21 heavy (non-hydrogen) atoms. The van der Waals surface area contributed by atoms with E-state index in [0.29, 0.717) is 18.8 Å². The van der Waals surface area contributed by atoms with Crippen molar-refractivity contribution in [2.24, 2.45) is 0 Å². The molecule has 0 fully saturated rings. The van der Waals surface area contributed by atoms with Gasteiger partial charge in [-0.1, -0.05) is 30.3 Å². The highest BCUT2D eigenvalue weighted by Crippen LogP contribution is 2.15. The van der Waals surface area contributed by atoms with Crippen molar-refractivity contribution >= 4 is 11.8 Å². The molecule has 0 radical (unpaired) electrons. The van der Waals surface area contributed by atoms with Gasteiger partial charge in [0.05, 0.1) is 24.4 Å². The van der Waals surface area contributed by atoms with Crippen molar-refractivity contribution in [3.8, 4) is 0 Å². The molecule has 0 spiro atoms. The van der Waals surface area contributed by atoms with Crippen molar-refractivity contribution in [3.05, 3.63) is 35.9 Å². The van der Waals surface area contributed by atoms with E-state index in [1.54, 1.807) is 18.7 Å². The van der Waals surface area contributed by atoms with Crippen LogP contribution in [0.4, 0.5) is 0 Å². The Labute approximate surface area is 131 Å². The molecule has 0 aliphatic carbocycles. The number of aliphatic hydroxyl groups excluding tert-OH is 1. The minimum absolute atomic E-state index is 0.0413. The van der Waals surface area contributed by atoms with Gasteiger partial charge in [0.1, 0.15) is 0 Å². The fourth-order valence-electron chi connectivity index (χ4n) is 2.00. The lowest BCUT2D eigenvalue weighted by molar-refractivity contribution is -0.00445. The van der Waals surface area contributed by atoms with Gasteiger partial charge in [0, 0.05) is 18.8 Å². The smallest absolute Gasteiger partial charge is 0.0898 e. The number of thioether (sulfide) groups is 1. The van der Waals surface area contributed by atoms with E-state index in [1.807, 2.05) is 43.5 Å². The third-order valence-corrected chi connectivity index (χ3v) is 4.06. The molecule has 0 saturated carbocycles. The molecule has 3 unspecified atom stereocenters. The average Bonchev–Trinajstić information content (AvgIpc) is 2.45. The molecule has 0 aliphatic rings. The fraction of sp³-hybridized carbons (Fsp3) is 0.625. The van der Waals surface area contributed by atoms with Crippen LogP contribution in [-0.2, 0) is 4.74 Å². The number of ether oxygens (including phenoxy) is 1. The summed E-state index contributed by atoms with van der Waals surface area (Å²) >= 11 is 1.60. The second-order valence-electron chi connectivity index (χ2n) is 5.60. The summed E-state index contributed by atoms with van der Waals surface area (Å²) in [5.74, 6) is 0.664. The van der Waals surface area contributed by atoms with E-state index in [2.05, 4.69) is 5.32 Å². The molecule has 1 aromatic carbocycles. The lowest BCUT2D eigenvalue weighted by atomic mass is 10.1. The highest BCUT2D eigenvalue weighted by molar-refractivity contribution is 7.98. The molecular weight excluding hydrogens is 286 g/mol. The fourth-order valence-corrected chi connectivity index (χ4v) is 2.73. The predicted molar refractivity (Wildman–Crippen MR) is 88.7 cm³/mol. The van der Waals surface area contributed by atoms with Gasteiger partial charge < -0.3 is 20.3 Å². The highest BCUT2D eigenvalue weighted by Gasteiger charge is 2.19. The number of rotatable bonds is 10. The van der Waals surface area contributed by atoms with Crippen molar-refractivity contribution in [2.45, 2.75) is 31.7 Å². The maximum Gasteiger partial charge on any atom is 0.0898 e. The number of nitrogens with one attached hydrogen (secondary N) is 1. The summed E-state index contributed by atoms with van der Waals surface area (Å²) in [6, 6.07) is 9.93. The Hall–Kier alpha value is -0.590. The Balaban J connectivity index is 2.21. The minimum atomic E-state index is -0.753. The second-order valence-corrected chi connectivity index (χ2v) is 6.47. The van der Waals surface area contributed by atoms with Gasteiger partial charge in [0.2, 0.25) is 0 Å². The van der Waals surface area contributed by atoms with E-state index in [-0.39, 0.29) is 12.7 Å². The van der Waals surface area contributed by atoms with E-state index in [1.165, 1.54) is 0 Å². The van der Waals surface area contributed by atoms with Crippen LogP contribution < -0.4 is 5.32 Å². The summed E-state index contributed by atoms with van der Waals surface area (Å²) in [6.07, 6.45) is 1.34. The van der Waals surface area contributed by atoms with E-state index in [4.69, 9.17) is 4.74 Å². The van der Waals surface area contributed by atoms with Gasteiger partial charge in [-0.05, 0) is 25.7 Å². The van der Waals surface area contributed by atoms with Crippen LogP contribution >= 0.6 is 11.8 Å². The van der Waals surface area contributed by atoms with Crippen LogP contribution in [0.1, 0.15) is 25.5 Å². The van der Waals surface area contributed by atoms with Crippen molar-refractivity contribution in [1.82, 2.24) is 5.32 Å². The molecule has 0 aliphatic heterocycles. The Morgan fingerprint density at radius 3 is 2.62 bits per heavy atom. The molecule has 0 heterocycles. The highest BCUT2D eigenvalue weighted by atomic mass is 32.2. The maximum atomic E-state index is 10.00. The second kappa shape index (κ2) is 9.43. The predicted octanol–water partition coefficient (Wildman–Crippen LogP) is 1.83. The molecule has 4 nitrogen and oxygen atoms in total. The van der Waals surface area contributed by atoms with Crippen molar-refractivity contribution in [2.75, 3.05) is 31.7 Å². The van der Waals surface area contributed by atoms with E-state index in [9.17, 15) is 10.2 Å². The van der Waals surface area contributed by atoms with Crippen molar-refractivity contribution < 1.29 is 14.9 Å². The number of aliphatic hydroxyl groups is 2. The first-order chi connectivity index (χ1) is 9.94. The first kappa shape index (κ1) is 18.5. The van der Waals surface area contributed by atoms with E-state index < -0.39 is 11.7 Å². The van der Waals surface area contributed by atoms with Gasteiger partial charge in [-0.15, -0.1) is 0 Å². The van der Waals surface area contributed by atoms with Crippen LogP contribution in [0.15, 0.2) is 30.3 Å². The molecule has 1 aromatic rings. The zero-order chi connectivity index (χ0) is 15.7. The van der Waals surface area contributed by atoms with Crippen LogP contribution in [0.2, 0.25) is 0 Å². The molecule has 3 atom stereocenters. The molecule has 0 amide bonds. The molecule has 1 rings (SSSR count). The standard InChI is InChI=1S/C16H27NO3S/c1-13(14-7-5-4-6-8-14)20-10-15(18)9-17-11-16(2,19)12-21-3/h4-8,13,15,17-19H,9-12H2,1-3H3. The van der Waals surface area contributed by atoms with Gasteiger partial charge >= 0.3 is 0 Å². The Morgan fingerprint density at radius 1 is 1.33 bits per heavy atom. The topological polar surface area (TPSA) is 61.7 Å². The van der Waals surface area contributed by atoms with E-state index in [0.717, 1.165) is 5.56 Å². The van der Waals surface area contributed by atoms with Gasteiger partial charge in [-0.2, -0.15) is 11.8 Å². The third kappa shape index (κ3) is 7.83. The van der Waals surface area contributed by atoms with Crippen molar-refractivity contribution in [1.29, 1.82) is 0 Å². The number of hydrogen-bond donors (Lipinski definition) is 3. The number of benzene rings is 1. The number of hydrogen-bond acceptors (Lipinski definition) is 5. The molecule has 0 aromatic heterocycles. The first-order valence-corrected chi connectivity index (χ1v) is 8.60. The van der Waals surface area contributed by atoms with Crippen molar-refractivity contribution in [3.63, 3.8) is 0 Å². The summed E-state index contributed by atoms with van der Waals surface area (Å²) in [6.45, 7) is 4.90. The summed E-state index contributed by atoms with van der Waals surface area (Å²) in [4.78, 5) is 0. The van der Waals surface area contributed by atoms with Gasteiger partial charge in [0.15, 0.2) is 0 Å². The molecule has 0 bridgehead atoms. The molecular formula is C16H27NO3S. The molecule has 5 heteroatoms. The lowest BCUT2D eigenvalue weighted by Gasteiger charge is -2.24. The van der Waals surface area contributed by atoms with Crippen LogP contribution in [0, 0.1) is 0 Å². The molecule has 0 saturated heterocycles. The normalized spacial score (nSPS) is 17.2. The first-order valence-electron chi connectivity index (χ1n) is 7.21. The van der Waals surface area contributed by atoms with Crippen LogP contribution in [0.25, 0.3) is 0 Å². The average molecular weight is 313 g/mol. The summed E-state index contributed by atoms with van der Waals surface area (Å²) in [5, 5.41) is 23.0. The van der Waals surface area contributed by atoms with Gasteiger partial charge in [0.25, 0.3) is 0 Å². The Kier molecular flexibility index (Phi) is 8.29. The van der Waals surface area contributed by atoms with E-state index >= 15 is 0 Å². The van der Waals surface area contributed by atoms with Gasteiger partial charge in [-0.3, -0.25) is 0 Å². The molecule has 3 N–H and O–H groups in total. The van der Waals surface area contributed by atoms with Crippen LogP contribution in [0.5, 0.6) is 0 Å². The van der Waals surface area contributed by atoms with Crippen LogP contribution in [-0.4, -0.2) is 53.6 Å². The maximum absolute atomic E-state index is 10.00.